The Morgan fingerprint density at radius 2 is 0.443 bits per heavy atom. The summed E-state index contributed by atoms with van der Waals surface area (Å²) in [5.74, 6) is 0. The van der Waals surface area contributed by atoms with Crippen LogP contribution in [-0.4, -0.2) is 26.0 Å². The van der Waals surface area contributed by atoms with Crippen LogP contribution in [0.3, 0.4) is 0 Å². The van der Waals surface area contributed by atoms with Crippen molar-refractivity contribution in [3.8, 4) is 0 Å². The van der Waals surface area contributed by atoms with Crippen molar-refractivity contribution in [2.75, 3.05) is 18.8 Å². The summed E-state index contributed by atoms with van der Waals surface area (Å²) in [6, 6.07) is 64.0. The van der Waals surface area contributed by atoms with Crippen LogP contribution < -0.4 is 0 Å². The molecule has 0 radical (unpaired) electrons. The van der Waals surface area contributed by atoms with Crippen LogP contribution in [-0.2, 0) is 32.7 Å². The topological polar surface area (TPSA) is 0 Å². The van der Waals surface area contributed by atoms with Crippen LogP contribution in [0.1, 0.15) is 0 Å². The summed E-state index contributed by atoms with van der Waals surface area (Å²) in [5, 5.41) is 0. The Labute approximate surface area is 352 Å². The van der Waals surface area contributed by atoms with Crippen LogP contribution in [0.25, 0.3) is 0 Å². The largest absolute Gasteiger partial charge is 0.166 e. The monoisotopic (exact) mass is 980 g/mol. The van der Waals surface area contributed by atoms with Crippen molar-refractivity contribution >= 4 is 55.6 Å². The third-order valence-electron chi connectivity index (χ3n) is 6.34. The molecule has 0 saturated carbocycles. The average Bonchev–Trinajstić information content (AvgIpc) is 3.14. The van der Waals surface area contributed by atoms with Crippen LogP contribution in [0, 0.1) is 0 Å². The molecule has 0 N–H and O–H groups in total. The molecule has 0 bridgehead atoms. The second kappa shape index (κ2) is 21.5. The van der Waals surface area contributed by atoms with Gasteiger partial charge in [-0.05, 0) is 72.8 Å². The number of hydrogen-bond donors (Lipinski definition) is 0. The Morgan fingerprint density at radius 3 is 0.590 bits per heavy atom. The fraction of sp³-hybridized carbons (Fsp3) is 0.0769. The van der Waals surface area contributed by atoms with E-state index in [-0.39, 0.29) is 21.8 Å². The zero-order valence-corrected chi connectivity index (χ0v) is 36.3. The van der Waals surface area contributed by atoms with Crippen molar-refractivity contribution < 1.29 is 67.6 Å². The number of rotatable bonds is 6. The molecule has 0 aliphatic heterocycles. The van der Waals surface area contributed by atoms with E-state index in [0.29, 0.717) is 10.9 Å². The fourth-order valence-electron chi connectivity index (χ4n) is 4.16. The number of halogens is 16. The number of benzene rings is 6. The Morgan fingerprint density at radius 1 is 0.295 bits per heavy atom. The summed E-state index contributed by atoms with van der Waals surface area (Å²) in [4.78, 5) is 8.33. The molecule has 6 aromatic carbocycles. The van der Waals surface area contributed by atoms with Gasteiger partial charge in [0.05, 0.1) is 21.8 Å². The van der Waals surface area contributed by atoms with Crippen LogP contribution in [0.5, 0.6) is 0 Å². The molecule has 6 aromatic rings. The molecule has 0 aliphatic carbocycles. The van der Waals surface area contributed by atoms with Gasteiger partial charge in [0.1, 0.15) is 18.8 Å². The van der Waals surface area contributed by atoms with Gasteiger partial charge in [0.2, 0.25) is 0 Å². The summed E-state index contributed by atoms with van der Waals surface area (Å²) < 4.78 is 157. The van der Waals surface area contributed by atoms with Crippen LogP contribution in [0.4, 0.5) is 67.6 Å². The van der Waals surface area contributed by atoms with E-state index in [1.807, 2.05) is 0 Å². The SMILES string of the molecule is C[S+](C)c1ccccc1.C[S+](c1ccccc1)c1ccccc1.F[B-](F)(F)F.F[P-](F)(F)(F)(F)F.F[P-](F)(F)(F)(F)F.c1ccc([S+](c2ccccc2)c2ccccc2)cc1. The number of hydrogen-bond acceptors (Lipinski definition) is 0. The van der Waals surface area contributed by atoms with Crippen molar-refractivity contribution in [2.45, 2.75) is 29.4 Å². The molecule has 0 aromatic heterocycles. The van der Waals surface area contributed by atoms with Crippen molar-refractivity contribution in [1.29, 1.82) is 0 Å². The first-order valence-corrected chi connectivity index (χ1v) is 25.8. The van der Waals surface area contributed by atoms with Crippen LogP contribution in [0.2, 0.25) is 0 Å². The van der Waals surface area contributed by atoms with Gasteiger partial charge < -0.3 is 17.3 Å². The maximum absolute atomic E-state index is 10.7. The van der Waals surface area contributed by atoms with Crippen LogP contribution >= 0.6 is 15.6 Å². The molecule has 338 valence electrons. The summed E-state index contributed by atoms with van der Waals surface area (Å²) >= 11 is 0. The molecule has 0 atom stereocenters. The standard InChI is InChI=1S/C18H15S.C13H13S.C8H11S.BF4.2F6P/c1-4-10-16(11-5-1)19(17-12-6-2-7-13-17)18-14-8-3-9-15-18;1-14(12-8-4-2-5-9-12)13-10-6-3-7-11-13;1-9(2)8-6-4-3-5-7-8;2-1(3,4)5;2*1-7(2,3,4,5)6/h1-15H;2-11H,1H3;3-7H,1-2H3;;;/q3*+1;3*-1. The minimum atomic E-state index is -10.7. The van der Waals surface area contributed by atoms with Gasteiger partial charge in [-0.1, -0.05) is 109 Å². The van der Waals surface area contributed by atoms with Crippen molar-refractivity contribution in [1.82, 2.24) is 0 Å². The quantitative estimate of drug-likeness (QED) is 0.0675. The van der Waals surface area contributed by atoms with E-state index in [2.05, 4.69) is 201 Å². The molecule has 0 amide bonds. The van der Waals surface area contributed by atoms with E-state index in [0.717, 1.165) is 0 Å². The summed E-state index contributed by atoms with van der Waals surface area (Å²) in [7, 11) is -26.7. The van der Waals surface area contributed by atoms with Gasteiger partial charge in [-0.3, -0.25) is 0 Å². The first-order valence-electron chi connectivity index (χ1n) is 16.8. The van der Waals surface area contributed by atoms with E-state index in [1.54, 1.807) is 0 Å². The first-order chi connectivity index (χ1) is 27.5. The summed E-state index contributed by atoms with van der Waals surface area (Å²) in [6.07, 6.45) is 6.73. The zero-order chi connectivity index (χ0) is 46.7. The molecule has 6 rings (SSSR count). The normalized spacial score (nSPS) is 13.5. The van der Waals surface area contributed by atoms with Gasteiger partial charge in [0.25, 0.3) is 0 Å². The predicted molar refractivity (Wildman–Crippen MR) is 225 cm³/mol. The molecule has 22 heteroatoms. The molecule has 0 saturated heterocycles. The van der Waals surface area contributed by atoms with Gasteiger partial charge in [-0.2, -0.15) is 0 Å². The molecular formula is C39H39BF16P2S3. The molecule has 0 heterocycles. The van der Waals surface area contributed by atoms with Gasteiger partial charge in [0, 0.05) is 10.9 Å². The maximum Gasteiger partial charge on any atom is 0.166 e. The van der Waals surface area contributed by atoms with E-state index in [9.17, 15) is 67.6 Å². The van der Waals surface area contributed by atoms with E-state index in [4.69, 9.17) is 0 Å². The Hall–Kier alpha value is -3.83. The molecule has 0 unspecified atom stereocenters. The van der Waals surface area contributed by atoms with Crippen molar-refractivity contribution in [3.63, 3.8) is 0 Å². The summed E-state index contributed by atoms with van der Waals surface area (Å²) in [6.45, 7) is 0. The molecule has 0 spiro atoms. The Kier molecular flexibility index (Phi) is 19.5. The fourth-order valence-corrected chi connectivity index (χ4v) is 8.36. The molecule has 0 fully saturated rings. The minimum absolute atomic E-state index is 0.0146. The zero-order valence-electron chi connectivity index (χ0n) is 32.1. The second-order valence-electron chi connectivity index (χ2n) is 11.9. The molecule has 0 aliphatic rings. The van der Waals surface area contributed by atoms with Crippen LogP contribution in [0.15, 0.2) is 211 Å². The summed E-state index contributed by atoms with van der Waals surface area (Å²) in [5.41, 5.74) is 0. The van der Waals surface area contributed by atoms with E-state index >= 15 is 0 Å². The minimum Gasteiger partial charge on any atom is -0.0619 e. The molecular weight excluding hydrogens is 941 g/mol. The third kappa shape index (κ3) is 35.5. The average molecular weight is 981 g/mol. The van der Waals surface area contributed by atoms with Gasteiger partial charge >= 0.3 is 73.2 Å². The Bertz CT molecular complexity index is 1910. The first kappa shape index (κ1) is 55.2. The second-order valence-corrected chi connectivity index (χ2v) is 21.9. The predicted octanol–water partition coefficient (Wildman–Crippen LogP) is 18.1. The third-order valence-corrected chi connectivity index (χ3v) is 11.7. The van der Waals surface area contributed by atoms with Gasteiger partial charge in [-0.15, -0.1) is 0 Å². The smallest absolute Gasteiger partial charge is 0.0619 e. The Balaban J connectivity index is 0.000000392. The van der Waals surface area contributed by atoms with Crippen molar-refractivity contribution in [3.05, 3.63) is 182 Å². The van der Waals surface area contributed by atoms with E-state index in [1.165, 1.54) is 29.4 Å². The van der Waals surface area contributed by atoms with Gasteiger partial charge in [-0.25, -0.2) is 0 Å². The maximum atomic E-state index is 9.87. The molecule has 0 nitrogen and oxygen atoms in total. The van der Waals surface area contributed by atoms with E-state index < -0.39 is 22.9 Å². The van der Waals surface area contributed by atoms with Crippen molar-refractivity contribution in [2.24, 2.45) is 0 Å². The van der Waals surface area contributed by atoms with Gasteiger partial charge in [0.15, 0.2) is 29.4 Å². The molecule has 61 heavy (non-hydrogen) atoms.